The molecule has 7 nitrogen and oxygen atoms in total. The molecule has 0 aromatic rings. The molecule has 0 aromatic heterocycles. The van der Waals surface area contributed by atoms with Crippen LogP contribution in [0.1, 0.15) is 162 Å². The van der Waals surface area contributed by atoms with Crippen molar-refractivity contribution in [3.8, 4) is 0 Å². The Bertz CT molecular complexity index is 691. The molecule has 0 saturated heterocycles. The second kappa shape index (κ2) is 23.9. The van der Waals surface area contributed by atoms with Crippen LogP contribution in [-0.4, -0.2) is 72.1 Å². The molecule has 0 saturated carbocycles. The number of rotatable bonds is 29. The third kappa shape index (κ3) is 20.0. The van der Waals surface area contributed by atoms with Gasteiger partial charge in [0.1, 0.15) is 0 Å². The average molecular weight is 583 g/mol. The fourth-order valence-electron chi connectivity index (χ4n) is 5.75. The summed E-state index contributed by atoms with van der Waals surface area (Å²) in [6.45, 7) is 4.94. The van der Waals surface area contributed by atoms with Crippen molar-refractivity contribution in [3.63, 3.8) is 0 Å². The Balaban J connectivity index is 5.27. The van der Waals surface area contributed by atoms with Gasteiger partial charge in [-0.2, -0.15) is 0 Å². The molecule has 0 bridgehead atoms. The predicted octanol–water partition coefficient (Wildman–Crippen LogP) is 7.11. The maximum absolute atomic E-state index is 13.6. The van der Waals surface area contributed by atoms with Crippen molar-refractivity contribution in [2.75, 3.05) is 34.2 Å². The molecule has 0 fully saturated rings. The molecule has 1 atom stereocenters. The summed E-state index contributed by atoms with van der Waals surface area (Å²) >= 11 is 0. The minimum atomic E-state index is -1.58. The number of likely N-dealkylation sites (N-methyl/N-ethyl adjacent to an activating group) is 1. The second-order valence-corrected chi connectivity index (χ2v) is 13.3. The number of carboxylic acids is 2. The maximum Gasteiger partial charge on any atom is 0.303 e. The number of quaternary nitrogens is 1. The highest BCUT2D eigenvalue weighted by Gasteiger charge is 2.42. The van der Waals surface area contributed by atoms with Gasteiger partial charge in [0.15, 0.2) is 6.54 Å². The van der Waals surface area contributed by atoms with E-state index in [2.05, 4.69) is 13.8 Å². The van der Waals surface area contributed by atoms with Crippen LogP contribution in [0.15, 0.2) is 0 Å². The van der Waals surface area contributed by atoms with E-state index in [0.717, 1.165) is 44.9 Å². The Labute approximate surface area is 253 Å². The molecule has 0 unspecified atom stereocenters. The lowest BCUT2D eigenvalue weighted by atomic mass is 9.84. The number of amides is 1. The Hall–Kier alpha value is -1.63. The Kier molecular flexibility index (Phi) is 22.9. The summed E-state index contributed by atoms with van der Waals surface area (Å²) in [5.41, 5.74) is -1.58. The number of carboxylic acid groups (broad SMARTS) is 2. The molecule has 0 aliphatic rings. The summed E-state index contributed by atoms with van der Waals surface area (Å²) in [6, 6.07) is 0. The van der Waals surface area contributed by atoms with Crippen molar-refractivity contribution in [2.24, 2.45) is 0 Å². The number of carbonyl (C=O) groups is 3. The summed E-state index contributed by atoms with van der Waals surface area (Å²) in [5.74, 6) is -2.58. The first-order valence-electron chi connectivity index (χ1n) is 17.0. The first-order chi connectivity index (χ1) is 19.5. The van der Waals surface area contributed by atoms with Gasteiger partial charge in [0.05, 0.1) is 32.7 Å². The van der Waals surface area contributed by atoms with Gasteiger partial charge in [-0.25, -0.2) is 0 Å². The molecular weight excluding hydrogens is 516 g/mol. The zero-order chi connectivity index (χ0) is 31.0. The molecular formula is C34H66N2O5. The van der Waals surface area contributed by atoms with Crippen LogP contribution in [0.25, 0.3) is 0 Å². The van der Waals surface area contributed by atoms with Crippen LogP contribution in [0.3, 0.4) is 0 Å². The topological polar surface area (TPSA) is 97.7 Å². The monoisotopic (exact) mass is 582 g/mol. The minimum Gasteiger partial charge on any atom is -0.548 e. The van der Waals surface area contributed by atoms with Crippen LogP contribution in [0.4, 0.5) is 0 Å². The lowest BCUT2D eigenvalue weighted by molar-refractivity contribution is -0.862. The average Bonchev–Trinajstić information content (AvgIpc) is 2.89. The minimum absolute atomic E-state index is 0.108. The smallest absolute Gasteiger partial charge is 0.303 e. The predicted molar refractivity (Wildman–Crippen MR) is 168 cm³/mol. The molecule has 1 N–H and O–H groups in total. The van der Waals surface area contributed by atoms with Crippen molar-refractivity contribution >= 4 is 17.8 Å². The lowest BCUT2D eigenvalue weighted by Crippen LogP contribution is -2.64. The third-order valence-electron chi connectivity index (χ3n) is 8.24. The molecule has 1 amide bonds. The summed E-state index contributed by atoms with van der Waals surface area (Å²) in [6.07, 6.45) is 22.6. The van der Waals surface area contributed by atoms with Gasteiger partial charge in [0.2, 0.25) is 0 Å². The molecule has 0 aliphatic heterocycles. The van der Waals surface area contributed by atoms with Crippen molar-refractivity contribution < 1.29 is 29.1 Å². The van der Waals surface area contributed by atoms with Crippen LogP contribution < -0.4 is 5.11 Å². The van der Waals surface area contributed by atoms with Crippen LogP contribution in [0.2, 0.25) is 0 Å². The highest BCUT2D eigenvalue weighted by atomic mass is 16.4. The van der Waals surface area contributed by atoms with Gasteiger partial charge in [-0.1, -0.05) is 136 Å². The molecule has 0 aliphatic carbocycles. The van der Waals surface area contributed by atoms with E-state index in [9.17, 15) is 24.6 Å². The molecule has 0 rings (SSSR count). The van der Waals surface area contributed by atoms with Crippen LogP contribution in [0, 0.1) is 0 Å². The normalized spacial score (nSPS) is 13.2. The van der Waals surface area contributed by atoms with Gasteiger partial charge < -0.3 is 24.4 Å². The third-order valence-corrected chi connectivity index (χ3v) is 8.24. The van der Waals surface area contributed by atoms with E-state index in [1.165, 1.54) is 81.9 Å². The van der Waals surface area contributed by atoms with E-state index >= 15 is 0 Å². The van der Waals surface area contributed by atoms with E-state index in [4.69, 9.17) is 0 Å². The number of hydrogen-bond donors (Lipinski definition) is 1. The molecule has 0 heterocycles. The van der Waals surface area contributed by atoms with Crippen molar-refractivity contribution in [2.45, 2.75) is 167 Å². The van der Waals surface area contributed by atoms with Crippen LogP contribution >= 0.6 is 0 Å². The summed E-state index contributed by atoms with van der Waals surface area (Å²) in [7, 11) is 5.74. The number of nitrogens with zero attached hydrogens (tertiary/aromatic N) is 2. The molecule has 0 spiro atoms. The van der Waals surface area contributed by atoms with Gasteiger partial charge in [0, 0.05) is 13.0 Å². The highest BCUT2D eigenvalue weighted by Crippen LogP contribution is 2.30. The zero-order valence-electron chi connectivity index (χ0n) is 27.7. The molecule has 242 valence electrons. The van der Waals surface area contributed by atoms with Crippen molar-refractivity contribution in [1.82, 2.24) is 4.90 Å². The second-order valence-electron chi connectivity index (χ2n) is 13.3. The number of carbonyl (C=O) groups excluding carboxylic acids is 2. The molecule has 7 heteroatoms. The van der Waals surface area contributed by atoms with Gasteiger partial charge in [-0.05, 0) is 19.3 Å². The van der Waals surface area contributed by atoms with Gasteiger partial charge in [-0.15, -0.1) is 0 Å². The van der Waals surface area contributed by atoms with Gasteiger partial charge >= 0.3 is 5.97 Å². The van der Waals surface area contributed by atoms with Crippen LogP contribution in [-0.2, 0) is 14.4 Å². The van der Waals surface area contributed by atoms with E-state index in [1.54, 1.807) is 0 Å². The first kappa shape index (κ1) is 39.4. The standard InChI is InChI=1S/C34H66N2O5/c1-6-8-10-12-14-16-18-20-22-24-27-34(33(40)41,28-26-32(38)39)35(31(37)30-36(3,4)5)29-25-23-21-19-17-15-13-11-9-7-2/h6-30H2,1-5H3,(H-,38,39,40,41)/t34-/m1/s1. The highest BCUT2D eigenvalue weighted by molar-refractivity contribution is 5.87. The zero-order valence-corrected chi connectivity index (χ0v) is 27.7. The Morgan fingerprint density at radius 2 is 1.02 bits per heavy atom. The van der Waals surface area contributed by atoms with Gasteiger partial charge in [0.25, 0.3) is 5.91 Å². The summed E-state index contributed by atoms with van der Waals surface area (Å²) in [4.78, 5) is 39.5. The SMILES string of the molecule is CCCCCCCCCCCCN(C(=O)C[N+](C)(C)C)[C@](CCCCCCCCCCCC)(CCC(=O)O)C(=O)[O-]. The largest absolute Gasteiger partial charge is 0.548 e. The molecule has 0 aromatic carbocycles. The van der Waals surface area contributed by atoms with E-state index in [-0.39, 0.29) is 31.7 Å². The summed E-state index contributed by atoms with van der Waals surface area (Å²) in [5, 5.41) is 22.3. The fourth-order valence-corrected chi connectivity index (χ4v) is 5.75. The van der Waals surface area contributed by atoms with E-state index < -0.39 is 17.5 Å². The van der Waals surface area contributed by atoms with E-state index in [1.807, 2.05) is 21.1 Å². The molecule has 41 heavy (non-hydrogen) atoms. The first-order valence-corrected chi connectivity index (χ1v) is 17.0. The van der Waals surface area contributed by atoms with Gasteiger partial charge in [-0.3, -0.25) is 9.59 Å². The number of aliphatic carboxylic acids is 2. The van der Waals surface area contributed by atoms with Crippen molar-refractivity contribution in [1.29, 1.82) is 0 Å². The number of hydrogen-bond acceptors (Lipinski definition) is 4. The van der Waals surface area contributed by atoms with Crippen LogP contribution in [0.5, 0.6) is 0 Å². The molecule has 0 radical (unpaired) electrons. The number of unbranched alkanes of at least 4 members (excludes halogenated alkanes) is 18. The summed E-state index contributed by atoms with van der Waals surface area (Å²) < 4.78 is 0.383. The van der Waals surface area contributed by atoms with Crippen molar-refractivity contribution in [3.05, 3.63) is 0 Å². The Morgan fingerprint density at radius 3 is 1.39 bits per heavy atom. The lowest BCUT2D eigenvalue weighted by Gasteiger charge is -2.46. The van der Waals surface area contributed by atoms with E-state index in [0.29, 0.717) is 17.4 Å². The quantitative estimate of drug-likeness (QED) is 0.0749. The Morgan fingerprint density at radius 1 is 0.634 bits per heavy atom. The maximum atomic E-state index is 13.6. The fraction of sp³-hybridized carbons (Fsp3) is 0.912.